The van der Waals surface area contributed by atoms with Crippen molar-refractivity contribution in [3.8, 4) is 11.5 Å². The second-order valence-electron chi connectivity index (χ2n) is 9.72. The van der Waals surface area contributed by atoms with Crippen LogP contribution in [0.3, 0.4) is 0 Å². The van der Waals surface area contributed by atoms with Gasteiger partial charge in [0.05, 0.1) is 14.2 Å². The summed E-state index contributed by atoms with van der Waals surface area (Å²) in [5.74, 6) is -0.438. The number of allylic oxidation sites excluding steroid dienone is 2. The number of rotatable bonds is 7. The van der Waals surface area contributed by atoms with Gasteiger partial charge in [-0.2, -0.15) is 0 Å². The summed E-state index contributed by atoms with van der Waals surface area (Å²) >= 11 is 0. The highest BCUT2D eigenvalue weighted by molar-refractivity contribution is 6.09. The van der Waals surface area contributed by atoms with Crippen molar-refractivity contribution < 1.29 is 23.8 Å². The molecule has 3 aromatic carbocycles. The summed E-state index contributed by atoms with van der Waals surface area (Å²) in [7, 11) is 2.95. The molecule has 194 valence electrons. The molecule has 6 nitrogen and oxygen atoms in total. The lowest BCUT2D eigenvalue weighted by Gasteiger charge is -2.36. The predicted octanol–water partition coefficient (Wildman–Crippen LogP) is 6.02. The maximum absolute atomic E-state index is 13.7. The van der Waals surface area contributed by atoms with Gasteiger partial charge in [0.1, 0.15) is 12.5 Å². The molecule has 6 heteroatoms. The quantitative estimate of drug-likeness (QED) is 0.364. The van der Waals surface area contributed by atoms with E-state index in [1.807, 2.05) is 73.7 Å². The van der Waals surface area contributed by atoms with Gasteiger partial charge in [0.25, 0.3) is 0 Å². The van der Waals surface area contributed by atoms with Gasteiger partial charge in [-0.05, 0) is 48.1 Å². The maximum atomic E-state index is 13.7. The van der Waals surface area contributed by atoms with Crippen LogP contribution in [0.2, 0.25) is 0 Å². The van der Waals surface area contributed by atoms with E-state index in [0.29, 0.717) is 42.2 Å². The van der Waals surface area contributed by atoms with Gasteiger partial charge in [0.15, 0.2) is 17.3 Å². The summed E-state index contributed by atoms with van der Waals surface area (Å²) in [6.45, 7) is 2.23. The topological polar surface area (TPSA) is 74.2 Å². The SMILES string of the molecule is COC(=O)C1C(C)=NC2=C(C(=O)C[C@H](c3ccccc3)C2)[C@@H]1c1ccc(OCc2ccccc2)c(OC)c1. The van der Waals surface area contributed by atoms with Crippen molar-refractivity contribution in [3.05, 3.63) is 107 Å². The minimum atomic E-state index is -0.697. The monoisotopic (exact) mass is 509 g/mol. The number of ketones is 1. The number of carbonyl (C=O) groups is 2. The fourth-order valence-electron chi connectivity index (χ4n) is 5.55. The Morgan fingerprint density at radius 1 is 0.895 bits per heavy atom. The number of aliphatic imine (C=N–C) groups is 1. The number of hydrogen-bond acceptors (Lipinski definition) is 6. The van der Waals surface area contributed by atoms with Gasteiger partial charge >= 0.3 is 5.97 Å². The molecule has 2 aliphatic rings. The first kappa shape index (κ1) is 25.5. The lowest BCUT2D eigenvalue weighted by Crippen LogP contribution is -2.37. The molecule has 0 radical (unpaired) electrons. The van der Waals surface area contributed by atoms with Crippen LogP contribution in [0.5, 0.6) is 11.5 Å². The zero-order chi connectivity index (χ0) is 26.6. The van der Waals surface area contributed by atoms with E-state index < -0.39 is 17.8 Å². The average molecular weight is 510 g/mol. The molecule has 3 aromatic rings. The Morgan fingerprint density at radius 3 is 2.29 bits per heavy atom. The first-order chi connectivity index (χ1) is 18.5. The number of carbonyl (C=O) groups excluding carboxylic acids is 2. The number of methoxy groups -OCH3 is 2. The molecular weight excluding hydrogens is 478 g/mol. The van der Waals surface area contributed by atoms with E-state index in [1.165, 1.54) is 7.11 Å². The van der Waals surface area contributed by atoms with Crippen molar-refractivity contribution in [3.63, 3.8) is 0 Å². The molecule has 1 aliphatic heterocycles. The Balaban J connectivity index is 1.52. The third-order valence-corrected chi connectivity index (χ3v) is 7.40. The van der Waals surface area contributed by atoms with E-state index in [1.54, 1.807) is 7.11 Å². The maximum Gasteiger partial charge on any atom is 0.315 e. The van der Waals surface area contributed by atoms with Gasteiger partial charge in [-0.15, -0.1) is 0 Å². The van der Waals surface area contributed by atoms with Crippen molar-refractivity contribution in [1.82, 2.24) is 0 Å². The van der Waals surface area contributed by atoms with Crippen molar-refractivity contribution in [2.75, 3.05) is 14.2 Å². The standard InChI is InChI=1S/C32H31NO5/c1-20-29(32(35)37-3)30(31-25(33-20)16-24(17-26(31)34)22-12-8-5-9-13-22)23-14-15-27(28(18-23)36-2)38-19-21-10-6-4-7-11-21/h4-15,18,24,29-30H,16-17,19H2,1-3H3/t24-,29?,30-/m1/s1. The van der Waals surface area contributed by atoms with E-state index in [2.05, 4.69) is 12.1 Å². The molecule has 5 rings (SSSR count). The molecule has 0 fully saturated rings. The van der Waals surface area contributed by atoms with Crippen LogP contribution in [0.25, 0.3) is 0 Å². The molecule has 3 atom stereocenters. The van der Waals surface area contributed by atoms with Crippen molar-refractivity contribution in [2.24, 2.45) is 10.9 Å². The smallest absolute Gasteiger partial charge is 0.315 e. The number of benzene rings is 3. The van der Waals surface area contributed by atoms with Gasteiger partial charge in [0, 0.05) is 29.3 Å². The molecule has 0 N–H and O–H groups in total. The van der Waals surface area contributed by atoms with Gasteiger partial charge in [-0.1, -0.05) is 66.7 Å². The van der Waals surface area contributed by atoms with E-state index in [4.69, 9.17) is 19.2 Å². The van der Waals surface area contributed by atoms with Crippen molar-refractivity contribution >= 4 is 17.5 Å². The summed E-state index contributed by atoms with van der Waals surface area (Å²) in [5.41, 5.74) is 4.94. The van der Waals surface area contributed by atoms with E-state index >= 15 is 0 Å². The van der Waals surface area contributed by atoms with Gasteiger partial charge in [0.2, 0.25) is 0 Å². The normalized spacial score (nSPS) is 20.9. The molecule has 1 unspecified atom stereocenters. The summed E-state index contributed by atoms with van der Waals surface area (Å²) < 4.78 is 16.9. The molecule has 1 heterocycles. The zero-order valence-corrected chi connectivity index (χ0v) is 21.8. The zero-order valence-electron chi connectivity index (χ0n) is 21.8. The Hall–Kier alpha value is -4.19. The van der Waals surface area contributed by atoms with Crippen LogP contribution in [0.15, 0.2) is 95.1 Å². The Morgan fingerprint density at radius 2 is 1.61 bits per heavy atom. The number of hydrogen-bond donors (Lipinski definition) is 0. The number of ether oxygens (including phenoxy) is 3. The number of esters is 1. The van der Waals surface area contributed by atoms with Crippen molar-refractivity contribution in [1.29, 1.82) is 0 Å². The summed E-state index contributed by atoms with van der Waals surface area (Å²) in [6.07, 6.45) is 1.01. The Bertz CT molecular complexity index is 1390. The Kier molecular flexibility index (Phi) is 7.40. The highest BCUT2D eigenvalue weighted by Crippen LogP contribution is 2.48. The first-order valence-corrected chi connectivity index (χ1v) is 12.8. The fraction of sp³-hybridized carbons (Fsp3) is 0.281. The second-order valence-corrected chi connectivity index (χ2v) is 9.72. The van der Waals surface area contributed by atoms with E-state index in [0.717, 1.165) is 22.4 Å². The minimum Gasteiger partial charge on any atom is -0.493 e. The van der Waals surface area contributed by atoms with E-state index in [9.17, 15) is 9.59 Å². The van der Waals surface area contributed by atoms with Crippen LogP contribution in [-0.2, 0) is 20.9 Å². The number of nitrogens with zero attached hydrogens (tertiary/aromatic N) is 1. The molecule has 0 spiro atoms. The van der Waals surface area contributed by atoms with Crippen LogP contribution in [0, 0.1) is 5.92 Å². The van der Waals surface area contributed by atoms with Crippen LogP contribution in [0.4, 0.5) is 0 Å². The molecule has 1 aliphatic carbocycles. The molecule has 0 saturated heterocycles. The van der Waals surface area contributed by atoms with Gasteiger partial charge in [-0.3, -0.25) is 14.6 Å². The Labute approximate surface area is 223 Å². The lowest BCUT2D eigenvalue weighted by atomic mass is 9.69. The minimum absolute atomic E-state index is 0.0126. The second kappa shape index (κ2) is 11.1. The summed E-state index contributed by atoms with van der Waals surface area (Å²) in [4.78, 5) is 31.5. The fourth-order valence-corrected chi connectivity index (χ4v) is 5.55. The third kappa shape index (κ3) is 4.99. The summed E-state index contributed by atoms with van der Waals surface area (Å²) in [6, 6.07) is 25.6. The van der Waals surface area contributed by atoms with Gasteiger partial charge in [-0.25, -0.2) is 0 Å². The average Bonchev–Trinajstić information content (AvgIpc) is 2.95. The molecule has 38 heavy (non-hydrogen) atoms. The summed E-state index contributed by atoms with van der Waals surface area (Å²) in [5, 5.41) is 0. The molecular formula is C32H31NO5. The van der Waals surface area contributed by atoms with Crippen LogP contribution >= 0.6 is 0 Å². The third-order valence-electron chi connectivity index (χ3n) is 7.40. The number of Topliss-reactive ketones (excluding diaryl/α,β-unsaturated/α-hetero) is 1. The van der Waals surface area contributed by atoms with Crippen LogP contribution < -0.4 is 9.47 Å². The van der Waals surface area contributed by atoms with Crippen LogP contribution in [0.1, 0.15) is 48.3 Å². The van der Waals surface area contributed by atoms with Crippen molar-refractivity contribution in [2.45, 2.75) is 38.2 Å². The highest BCUT2D eigenvalue weighted by Gasteiger charge is 2.44. The lowest BCUT2D eigenvalue weighted by molar-refractivity contribution is -0.143. The molecule has 0 amide bonds. The molecule has 0 aromatic heterocycles. The largest absolute Gasteiger partial charge is 0.493 e. The predicted molar refractivity (Wildman–Crippen MR) is 146 cm³/mol. The molecule has 0 saturated carbocycles. The van der Waals surface area contributed by atoms with Crippen LogP contribution in [-0.4, -0.2) is 31.7 Å². The van der Waals surface area contributed by atoms with E-state index in [-0.39, 0.29) is 11.7 Å². The first-order valence-electron chi connectivity index (χ1n) is 12.8. The van der Waals surface area contributed by atoms with Gasteiger partial charge < -0.3 is 14.2 Å². The molecule has 0 bridgehead atoms. The highest BCUT2D eigenvalue weighted by atomic mass is 16.5.